The van der Waals surface area contributed by atoms with Crippen LogP contribution in [0.15, 0.2) is 72.2 Å². The second kappa shape index (κ2) is 7.67. The third kappa shape index (κ3) is 2.77. The molecule has 5 rings (SSSR count). The molecule has 2 aromatic carbocycles. The van der Waals surface area contributed by atoms with Gasteiger partial charge in [-0.3, -0.25) is 4.79 Å². The monoisotopic (exact) mass is 437 g/mol. The van der Waals surface area contributed by atoms with E-state index >= 15 is 0 Å². The minimum absolute atomic E-state index is 0.118. The first kappa shape index (κ1) is 20.1. The van der Waals surface area contributed by atoms with Crippen LogP contribution in [0.4, 0.5) is 0 Å². The molecule has 2 aliphatic rings. The highest BCUT2D eigenvalue weighted by Gasteiger charge is 2.64. The summed E-state index contributed by atoms with van der Waals surface area (Å²) in [4.78, 5) is 16.7. The van der Waals surface area contributed by atoms with Gasteiger partial charge in [-0.05, 0) is 52.9 Å². The molecule has 0 saturated carbocycles. The molecule has 2 aliphatic heterocycles. The van der Waals surface area contributed by atoms with Gasteiger partial charge in [-0.2, -0.15) is 10.5 Å². The molecule has 0 bridgehead atoms. The molecule has 1 fully saturated rings. The highest BCUT2D eigenvalue weighted by atomic mass is 32.1. The van der Waals surface area contributed by atoms with Gasteiger partial charge < -0.3 is 9.64 Å². The lowest BCUT2D eigenvalue weighted by Gasteiger charge is -2.34. The van der Waals surface area contributed by atoms with Crippen LogP contribution in [-0.2, 0) is 0 Å². The molecular weight excluding hydrogens is 418 g/mol. The van der Waals surface area contributed by atoms with Crippen molar-refractivity contribution < 1.29 is 9.53 Å². The zero-order valence-corrected chi connectivity index (χ0v) is 18.1. The topological polar surface area (TPSA) is 77.1 Å². The van der Waals surface area contributed by atoms with Gasteiger partial charge in [0.1, 0.15) is 11.8 Å². The van der Waals surface area contributed by atoms with Crippen molar-refractivity contribution in [1.29, 1.82) is 10.5 Å². The van der Waals surface area contributed by atoms with E-state index in [2.05, 4.69) is 12.1 Å². The maximum absolute atomic E-state index is 13.9. The molecule has 1 saturated heterocycles. The van der Waals surface area contributed by atoms with E-state index in [0.29, 0.717) is 11.3 Å². The number of ether oxygens (including phenoxy) is 1. The fourth-order valence-electron chi connectivity index (χ4n) is 5.00. The highest BCUT2D eigenvalue weighted by molar-refractivity contribution is 7.10. The Hall–Kier alpha value is -3.87. The molecule has 5 nitrogen and oxygen atoms in total. The van der Waals surface area contributed by atoms with Gasteiger partial charge >= 0.3 is 0 Å². The quantitative estimate of drug-likeness (QED) is 0.527. The van der Waals surface area contributed by atoms with Crippen LogP contribution in [0.2, 0.25) is 0 Å². The lowest BCUT2D eigenvalue weighted by Crippen LogP contribution is -2.37. The lowest BCUT2D eigenvalue weighted by molar-refractivity contribution is 0.0875. The number of Topliss-reactive ketones (excluding diaryl/α,β-unsaturated/α-hetero) is 1. The number of hydrogen-bond acceptors (Lipinski definition) is 6. The van der Waals surface area contributed by atoms with Crippen LogP contribution in [0.3, 0.4) is 0 Å². The Balaban J connectivity index is 1.72. The lowest BCUT2D eigenvalue weighted by atomic mass is 9.69. The Kier molecular flexibility index (Phi) is 4.81. The summed E-state index contributed by atoms with van der Waals surface area (Å²) >= 11 is 1.48. The number of methoxy groups -OCH3 is 1. The Labute approximate surface area is 190 Å². The van der Waals surface area contributed by atoms with E-state index in [1.807, 2.05) is 59.0 Å². The van der Waals surface area contributed by atoms with Gasteiger partial charge in [-0.1, -0.05) is 30.3 Å². The van der Waals surface area contributed by atoms with Crippen molar-refractivity contribution in [2.45, 2.75) is 18.0 Å². The van der Waals surface area contributed by atoms with Crippen LogP contribution in [0.5, 0.6) is 5.75 Å². The number of benzene rings is 2. The molecule has 0 radical (unpaired) electrons. The number of ketones is 1. The van der Waals surface area contributed by atoms with Gasteiger partial charge in [0.05, 0.1) is 31.2 Å². The van der Waals surface area contributed by atoms with Crippen molar-refractivity contribution in [3.8, 4) is 17.9 Å². The summed E-state index contributed by atoms with van der Waals surface area (Å²) in [7, 11) is 1.58. The fraction of sp³-hybridized carbons (Fsp3) is 0.192. The second-order valence-electron chi connectivity index (χ2n) is 7.92. The first-order valence-corrected chi connectivity index (χ1v) is 11.1. The van der Waals surface area contributed by atoms with E-state index in [1.54, 1.807) is 31.4 Å². The van der Waals surface area contributed by atoms with Crippen molar-refractivity contribution in [3.05, 3.63) is 93.8 Å². The number of carbonyl (C=O) groups is 1. The molecule has 0 N–H and O–H groups in total. The van der Waals surface area contributed by atoms with Gasteiger partial charge in [0.15, 0.2) is 11.2 Å². The molecule has 0 spiro atoms. The molecule has 3 atom stereocenters. The summed E-state index contributed by atoms with van der Waals surface area (Å²) in [5.41, 5.74) is 0.962. The SMILES string of the molecule is COc1ccc(C(=O)[C@@H]2[C@@H](c3cccs3)C(C#N)(C#N)[C@H]3c4ccccc4C=CN23)cc1. The number of carbonyl (C=O) groups excluding carboxylic acids is 1. The summed E-state index contributed by atoms with van der Waals surface area (Å²) < 4.78 is 5.23. The molecule has 156 valence electrons. The van der Waals surface area contributed by atoms with E-state index < -0.39 is 23.4 Å². The third-order valence-electron chi connectivity index (χ3n) is 6.44. The molecule has 6 heteroatoms. The molecule has 0 amide bonds. The first-order chi connectivity index (χ1) is 15.6. The van der Waals surface area contributed by atoms with Gasteiger partial charge in [-0.25, -0.2) is 0 Å². The molecular formula is C26H19N3O2S. The molecule has 3 heterocycles. The van der Waals surface area contributed by atoms with Crippen molar-refractivity contribution >= 4 is 23.2 Å². The van der Waals surface area contributed by atoms with E-state index in [9.17, 15) is 15.3 Å². The molecule has 0 unspecified atom stereocenters. The van der Waals surface area contributed by atoms with E-state index in [-0.39, 0.29) is 5.78 Å². The van der Waals surface area contributed by atoms with Crippen LogP contribution in [-0.4, -0.2) is 23.8 Å². The largest absolute Gasteiger partial charge is 0.497 e. The number of nitriles is 2. The zero-order chi connectivity index (χ0) is 22.3. The van der Waals surface area contributed by atoms with Crippen LogP contribution in [0.1, 0.15) is 38.3 Å². The van der Waals surface area contributed by atoms with Crippen LogP contribution in [0.25, 0.3) is 6.08 Å². The van der Waals surface area contributed by atoms with Gasteiger partial charge in [0.25, 0.3) is 0 Å². The minimum atomic E-state index is -1.42. The third-order valence-corrected chi connectivity index (χ3v) is 7.39. The summed E-state index contributed by atoms with van der Waals surface area (Å²) in [6.45, 7) is 0. The van der Waals surface area contributed by atoms with Gasteiger partial charge in [0.2, 0.25) is 0 Å². The fourth-order valence-corrected chi connectivity index (χ4v) is 5.93. The number of rotatable bonds is 4. The second-order valence-corrected chi connectivity index (χ2v) is 8.90. The Bertz CT molecular complexity index is 1270. The van der Waals surface area contributed by atoms with Crippen molar-refractivity contribution in [2.75, 3.05) is 7.11 Å². The maximum atomic E-state index is 13.9. The van der Waals surface area contributed by atoms with E-state index in [4.69, 9.17) is 4.74 Å². The number of nitrogens with zero attached hydrogens (tertiary/aromatic N) is 3. The van der Waals surface area contributed by atoms with E-state index in [0.717, 1.165) is 16.0 Å². The zero-order valence-electron chi connectivity index (χ0n) is 17.3. The predicted octanol–water partition coefficient (Wildman–Crippen LogP) is 5.17. The highest BCUT2D eigenvalue weighted by Crippen LogP contribution is 2.60. The number of thiophene rings is 1. The molecule has 3 aromatic rings. The summed E-state index contributed by atoms with van der Waals surface area (Å²) in [6, 6.07) is 22.1. The van der Waals surface area contributed by atoms with E-state index in [1.165, 1.54) is 11.3 Å². The molecule has 32 heavy (non-hydrogen) atoms. The number of fused-ring (bicyclic) bond motifs is 3. The number of hydrogen-bond donors (Lipinski definition) is 0. The van der Waals surface area contributed by atoms with Crippen molar-refractivity contribution in [1.82, 2.24) is 4.90 Å². The van der Waals surface area contributed by atoms with Crippen molar-refractivity contribution in [3.63, 3.8) is 0 Å². The average Bonchev–Trinajstić information content (AvgIpc) is 3.48. The Morgan fingerprint density at radius 2 is 1.81 bits per heavy atom. The normalized spacial score (nSPS) is 22.3. The van der Waals surface area contributed by atoms with Crippen LogP contribution < -0.4 is 4.74 Å². The predicted molar refractivity (Wildman–Crippen MR) is 122 cm³/mol. The summed E-state index contributed by atoms with van der Waals surface area (Å²) in [5.74, 6) is -0.0452. The molecule has 0 aliphatic carbocycles. The van der Waals surface area contributed by atoms with Gasteiger partial charge in [-0.15, -0.1) is 11.3 Å². The van der Waals surface area contributed by atoms with Crippen molar-refractivity contribution in [2.24, 2.45) is 5.41 Å². The summed E-state index contributed by atoms with van der Waals surface area (Å²) in [5, 5.41) is 22.8. The summed E-state index contributed by atoms with van der Waals surface area (Å²) in [6.07, 6.45) is 3.83. The van der Waals surface area contributed by atoms with Gasteiger partial charge in [0, 0.05) is 16.6 Å². The Morgan fingerprint density at radius 1 is 1.06 bits per heavy atom. The first-order valence-electron chi connectivity index (χ1n) is 10.2. The van der Waals surface area contributed by atoms with Crippen LogP contribution in [0, 0.1) is 28.1 Å². The smallest absolute Gasteiger partial charge is 0.185 e. The molecule has 1 aromatic heterocycles. The van der Waals surface area contributed by atoms with Crippen LogP contribution >= 0.6 is 11.3 Å². The minimum Gasteiger partial charge on any atom is -0.497 e. The maximum Gasteiger partial charge on any atom is 0.185 e. The standard InChI is InChI=1S/C26H19N3O2S/c1-31-19-10-8-18(9-11-19)24(30)23-22(21-7-4-14-32-21)26(15-27,16-28)25-20-6-3-2-5-17(20)12-13-29(23)25/h2-14,22-23,25H,1H3/t22-,23+,25-/m1/s1. The average molecular weight is 438 g/mol. The Morgan fingerprint density at radius 3 is 2.47 bits per heavy atom.